The lowest BCUT2D eigenvalue weighted by atomic mass is 9.62. The van der Waals surface area contributed by atoms with E-state index in [2.05, 4.69) is 259 Å². The fraction of sp³-hybridized carbons (Fsp3) is 0.297. The van der Waals surface area contributed by atoms with Crippen molar-refractivity contribution in [3.05, 3.63) is 205 Å². The first-order valence-electron chi connectivity index (χ1n) is 28.6. The molecule has 10 aromatic rings. The average molecular weight is 989 g/mol. The first-order chi connectivity index (χ1) is 36.7. The van der Waals surface area contributed by atoms with Gasteiger partial charge in [-0.2, -0.15) is 0 Å². The van der Waals surface area contributed by atoms with Crippen LogP contribution in [0, 0.1) is 22.7 Å². The van der Waals surface area contributed by atoms with Crippen molar-refractivity contribution in [3.63, 3.8) is 0 Å². The molecule has 0 N–H and O–H groups in total. The van der Waals surface area contributed by atoms with E-state index in [0.717, 1.165) is 0 Å². The Morgan fingerprint density at radius 1 is 0.368 bits per heavy atom. The molecular weight excluding hydrogens is 917 g/mol. The molecule has 0 spiro atoms. The molecule has 2 heterocycles. The van der Waals surface area contributed by atoms with E-state index in [9.17, 15) is 0 Å². The van der Waals surface area contributed by atoms with Gasteiger partial charge in [0.25, 0.3) is 0 Å². The lowest BCUT2D eigenvalue weighted by Gasteiger charge is -2.49. The van der Waals surface area contributed by atoms with Crippen molar-refractivity contribution in [3.8, 4) is 44.5 Å². The highest BCUT2D eigenvalue weighted by Gasteiger charge is 2.54. The maximum atomic E-state index is 2.72. The number of anilines is 4. The smallest absolute Gasteiger partial charge is 0.0492 e. The Labute approximate surface area is 451 Å². The van der Waals surface area contributed by atoms with Crippen LogP contribution in [0.4, 0.5) is 22.7 Å². The number of para-hydroxylation sites is 2. The lowest BCUT2D eigenvalue weighted by molar-refractivity contribution is 0.127. The first-order valence-corrected chi connectivity index (χ1v) is 28.6. The van der Waals surface area contributed by atoms with E-state index in [1.165, 1.54) is 149 Å². The van der Waals surface area contributed by atoms with E-state index in [4.69, 9.17) is 0 Å². The number of rotatable bonds is 6. The predicted molar refractivity (Wildman–Crippen MR) is 325 cm³/mol. The molecule has 10 aromatic carbocycles. The Balaban J connectivity index is 1.01. The summed E-state index contributed by atoms with van der Waals surface area (Å²) in [6.07, 6.45) is 7.24. The van der Waals surface area contributed by atoms with E-state index in [1.807, 2.05) is 0 Å². The molecule has 2 nitrogen and oxygen atoms in total. The predicted octanol–water partition coefficient (Wildman–Crippen LogP) is 20.9. The third-order valence-electron chi connectivity index (χ3n) is 20.0. The van der Waals surface area contributed by atoms with Gasteiger partial charge in [0.15, 0.2) is 0 Å². The van der Waals surface area contributed by atoms with Crippen LogP contribution in [0.5, 0.6) is 0 Å². The standard InChI is InChI=1S/C74H72N2/c1-71(2,3)51-37-39-73(7)65(43-51)63-41-49(29-35-67(63)75(73)53-25-17-11-18-26-53)61-45-59(47-21-13-9-14-22-47)55-32-34-58-62(46-60(48-23-15-10-16-24-48)56-31-33-57(61)69(55)70(56)58)50-30-36-68-64(42-50)66-44-52(72(4,5)6)38-40-74(66,8)76(68)54-27-19-12-20-28-54/h9-36,41-42,45-46,51-52,65-66H,37-40,43-44H2,1-8H3. The zero-order valence-corrected chi connectivity index (χ0v) is 45.9. The minimum absolute atomic E-state index is 0.00649. The molecule has 0 amide bonds. The molecule has 14 rings (SSSR count). The first kappa shape index (κ1) is 47.3. The van der Waals surface area contributed by atoms with Crippen LogP contribution in [0.25, 0.3) is 76.8 Å². The SMILES string of the molecule is CC(C)(C)C1CCC2(C)C(C1)c1cc(-c3cc(-c4ccccc4)c4ccc5c(-c6ccc7c(c6)C6CC(C(C)(C)C)CCC6(C)N7c6ccccc6)cc(-c6ccccc6)c6ccc3c4c65)ccc1N2c1ccccc1. The van der Waals surface area contributed by atoms with Gasteiger partial charge in [-0.25, -0.2) is 0 Å². The maximum absolute atomic E-state index is 2.72. The van der Waals surface area contributed by atoms with Crippen molar-refractivity contribution in [1.82, 2.24) is 0 Å². The Bertz CT molecular complexity index is 3590. The fourth-order valence-electron chi connectivity index (χ4n) is 15.8. The Kier molecular flexibility index (Phi) is 10.7. The van der Waals surface area contributed by atoms with Crippen LogP contribution in [0.2, 0.25) is 0 Å². The molecule has 2 saturated carbocycles. The van der Waals surface area contributed by atoms with Gasteiger partial charge < -0.3 is 9.80 Å². The van der Waals surface area contributed by atoms with Crippen LogP contribution in [-0.2, 0) is 0 Å². The van der Waals surface area contributed by atoms with Gasteiger partial charge in [-0.3, -0.25) is 0 Å². The molecule has 6 atom stereocenters. The summed E-state index contributed by atoms with van der Waals surface area (Å²) in [5, 5.41) is 7.97. The number of hydrogen-bond donors (Lipinski definition) is 0. The van der Waals surface area contributed by atoms with Gasteiger partial charge >= 0.3 is 0 Å². The second kappa shape index (κ2) is 17.2. The number of nitrogens with zero attached hydrogens (tertiary/aromatic N) is 2. The van der Waals surface area contributed by atoms with Crippen LogP contribution in [0.15, 0.2) is 194 Å². The van der Waals surface area contributed by atoms with Crippen molar-refractivity contribution in [1.29, 1.82) is 0 Å². The molecule has 2 heteroatoms. The minimum Gasteiger partial charge on any atom is -0.335 e. The number of benzene rings is 10. The quantitative estimate of drug-likeness (QED) is 0.153. The van der Waals surface area contributed by atoms with Gasteiger partial charge in [0.05, 0.1) is 0 Å². The zero-order valence-electron chi connectivity index (χ0n) is 45.9. The molecule has 0 saturated heterocycles. The van der Waals surface area contributed by atoms with Crippen LogP contribution in [0.1, 0.15) is 117 Å². The monoisotopic (exact) mass is 989 g/mol. The summed E-state index contributed by atoms with van der Waals surface area (Å²) in [5.74, 6) is 2.16. The summed E-state index contributed by atoms with van der Waals surface area (Å²) in [6.45, 7) is 19.9. The molecule has 378 valence electrons. The van der Waals surface area contributed by atoms with E-state index < -0.39 is 0 Å². The van der Waals surface area contributed by atoms with E-state index >= 15 is 0 Å². The van der Waals surface area contributed by atoms with E-state index in [-0.39, 0.29) is 21.9 Å². The summed E-state index contributed by atoms with van der Waals surface area (Å²) >= 11 is 0. The highest BCUT2D eigenvalue weighted by molar-refractivity contribution is 6.32. The summed E-state index contributed by atoms with van der Waals surface area (Å²) in [7, 11) is 0. The van der Waals surface area contributed by atoms with Crippen LogP contribution in [0.3, 0.4) is 0 Å². The molecule has 2 fully saturated rings. The third kappa shape index (κ3) is 7.18. The molecule has 6 unspecified atom stereocenters. The van der Waals surface area contributed by atoms with Crippen molar-refractivity contribution in [2.75, 3.05) is 9.80 Å². The van der Waals surface area contributed by atoms with Gasteiger partial charge in [-0.1, -0.05) is 175 Å². The topological polar surface area (TPSA) is 6.48 Å². The van der Waals surface area contributed by atoms with Gasteiger partial charge in [-0.05, 0) is 224 Å². The second-order valence-corrected chi connectivity index (χ2v) is 26.1. The average Bonchev–Trinajstić information content (AvgIpc) is 4.07. The third-order valence-corrected chi connectivity index (χ3v) is 20.0. The van der Waals surface area contributed by atoms with Crippen LogP contribution in [-0.4, -0.2) is 11.1 Å². The summed E-state index contributed by atoms with van der Waals surface area (Å²) in [4.78, 5) is 5.44. The van der Waals surface area contributed by atoms with Gasteiger partial charge in [0, 0.05) is 45.7 Å². The molecule has 0 bridgehead atoms. The lowest BCUT2D eigenvalue weighted by Crippen LogP contribution is -2.48. The fourth-order valence-corrected chi connectivity index (χ4v) is 15.8. The molecule has 0 radical (unpaired) electrons. The Hall–Kier alpha value is -7.16. The second-order valence-electron chi connectivity index (χ2n) is 26.1. The molecule has 76 heavy (non-hydrogen) atoms. The summed E-state index contributed by atoms with van der Waals surface area (Å²) in [5.41, 5.74) is 19.1. The Morgan fingerprint density at radius 3 is 1.04 bits per heavy atom. The maximum Gasteiger partial charge on any atom is 0.0492 e. The van der Waals surface area contributed by atoms with Gasteiger partial charge in [-0.15, -0.1) is 0 Å². The normalized spacial score (nSPS) is 23.3. The molecule has 2 aliphatic heterocycles. The largest absolute Gasteiger partial charge is 0.335 e. The number of hydrogen-bond acceptors (Lipinski definition) is 2. The van der Waals surface area contributed by atoms with Gasteiger partial charge in [0.2, 0.25) is 0 Å². The molecule has 0 aromatic heterocycles. The van der Waals surface area contributed by atoms with Crippen molar-refractivity contribution < 1.29 is 0 Å². The Morgan fingerprint density at radius 2 is 0.697 bits per heavy atom. The summed E-state index contributed by atoms with van der Waals surface area (Å²) in [6, 6.07) is 74.8. The molecule has 2 aliphatic carbocycles. The van der Waals surface area contributed by atoms with E-state index in [0.29, 0.717) is 23.7 Å². The highest BCUT2D eigenvalue weighted by Crippen LogP contribution is 2.63. The van der Waals surface area contributed by atoms with Crippen LogP contribution >= 0.6 is 0 Å². The summed E-state index contributed by atoms with van der Waals surface area (Å²) < 4.78 is 0. The number of fused-ring (bicyclic) bond motifs is 6. The van der Waals surface area contributed by atoms with Crippen molar-refractivity contribution in [2.24, 2.45) is 22.7 Å². The van der Waals surface area contributed by atoms with Crippen molar-refractivity contribution in [2.45, 2.75) is 117 Å². The molecule has 4 aliphatic rings. The minimum atomic E-state index is -0.00649. The van der Waals surface area contributed by atoms with Crippen molar-refractivity contribution >= 4 is 55.1 Å². The van der Waals surface area contributed by atoms with Crippen LogP contribution < -0.4 is 9.80 Å². The molecular formula is C74H72N2. The highest BCUT2D eigenvalue weighted by atomic mass is 15.2. The zero-order chi connectivity index (χ0) is 51.9. The van der Waals surface area contributed by atoms with E-state index in [1.54, 1.807) is 0 Å². The van der Waals surface area contributed by atoms with Gasteiger partial charge in [0.1, 0.15) is 0 Å².